The van der Waals surface area contributed by atoms with Crippen molar-refractivity contribution in [2.24, 2.45) is 0 Å². The molecule has 2 saturated heterocycles. The zero-order valence-corrected chi connectivity index (χ0v) is 46.6. The molecule has 3 aliphatic rings. The SMILES string of the molecule is O=CO[O-].[2H]C1([2H])NC([2H])([2H])C([2H])([2H])N(c2cccc3sccc23)C1([2H])[2H].[2H]c1c(OCCCCBr)c([2H])c2[nH]c(=O)c([2H])c([2H])c2c1[2H].[2H]c1c(OCCCCN2C([2H])([2H])C([2H])([2H])N(c3cccc4c3CCS4)C([2H])([2H])C2([2H])[2H])c([2H])c2[nH]c(=O)c([2H])c([2H])c2c1[2H].[H-].[K+].[K+]. The smallest absolute Gasteiger partial charge is 1.00 e. The van der Waals surface area contributed by atoms with Gasteiger partial charge >= 0.3 is 103 Å². The predicted molar refractivity (Wildman–Crippen MR) is 277 cm³/mol. The molecule has 0 amide bonds. The number of fused-ring (bicyclic) bond motifs is 4. The number of rotatable bonds is 14. The Morgan fingerprint density at radius 1 is 0.754 bits per heavy atom. The van der Waals surface area contributed by atoms with Gasteiger partial charge in [-0.2, -0.15) is 0 Å². The second kappa shape index (κ2) is 31.5. The molecule has 3 N–H and O–H groups in total. The number of nitrogens with one attached hydrogen (secondary N) is 3. The summed E-state index contributed by atoms with van der Waals surface area (Å²) in [6.07, 6.45) is 2.22. The molecule has 4 aromatic carbocycles. The number of anilines is 2. The minimum absolute atomic E-state index is 0. The quantitative estimate of drug-likeness (QED) is 0.0365. The number of aromatic nitrogens is 2. The van der Waals surface area contributed by atoms with Crippen molar-refractivity contribution in [1.82, 2.24) is 20.2 Å². The number of carbonyl (C=O) groups is 1. The Morgan fingerprint density at radius 3 is 1.96 bits per heavy atom. The number of pyridine rings is 2. The van der Waals surface area contributed by atoms with E-state index in [-0.39, 0.29) is 193 Å². The Kier molecular flexibility index (Phi) is 14.1. The minimum Gasteiger partial charge on any atom is -1.00 e. The van der Waals surface area contributed by atoms with Crippen LogP contribution in [-0.2, 0) is 16.1 Å². The van der Waals surface area contributed by atoms with Crippen molar-refractivity contribution in [3.05, 3.63) is 135 Å². The van der Waals surface area contributed by atoms with Crippen LogP contribution in [0.3, 0.4) is 0 Å². The van der Waals surface area contributed by atoms with E-state index in [1.807, 2.05) is 11.4 Å². The molecular formula is C51H59BrK2N6O7S2. The van der Waals surface area contributed by atoms with Gasteiger partial charge in [-0.25, -0.2) is 0 Å². The summed E-state index contributed by atoms with van der Waals surface area (Å²) in [5.41, 5.74) is -1.11. The van der Waals surface area contributed by atoms with Crippen LogP contribution >= 0.6 is 39.0 Å². The Labute approximate surface area is 543 Å². The van der Waals surface area contributed by atoms with Gasteiger partial charge in [0.15, 0.2) is 0 Å². The summed E-state index contributed by atoms with van der Waals surface area (Å²) in [6, 6.07) is 6.84. The molecule has 0 radical (unpaired) electrons. The first-order valence-corrected chi connectivity index (χ1v) is 23.3. The third-order valence-corrected chi connectivity index (χ3v) is 11.8. The second-order valence-electron chi connectivity index (χ2n) is 13.6. The van der Waals surface area contributed by atoms with Gasteiger partial charge in [-0.05, 0) is 127 Å². The number of nitrogens with zero attached hydrogens (tertiary/aromatic N) is 3. The number of piperazine rings is 2. The second-order valence-corrected chi connectivity index (χ2v) is 16.5. The molecule has 3 aliphatic heterocycles. The molecule has 0 aliphatic carbocycles. The molecule has 18 heteroatoms. The molecule has 7 aromatic rings. The van der Waals surface area contributed by atoms with Gasteiger partial charge in [0.2, 0.25) is 11.1 Å². The van der Waals surface area contributed by atoms with Crippen LogP contribution < -0.4 is 144 Å². The number of hydrogen-bond donors (Lipinski definition) is 3. The van der Waals surface area contributed by atoms with Crippen molar-refractivity contribution >= 4 is 88.8 Å². The maximum atomic E-state index is 12.0. The first kappa shape index (κ1) is 31.0. The summed E-state index contributed by atoms with van der Waals surface area (Å²) in [6.45, 7) is -23.6. The number of aromatic amines is 2. The number of H-pyrrole nitrogens is 2. The van der Waals surface area contributed by atoms with Crippen molar-refractivity contribution in [3.8, 4) is 11.5 Å². The van der Waals surface area contributed by atoms with Crippen LogP contribution in [0.15, 0.2) is 123 Å². The summed E-state index contributed by atoms with van der Waals surface area (Å²) in [4.78, 5) is 42.0. The fourth-order valence-electron chi connectivity index (χ4n) is 6.18. The Hall–Kier alpha value is -2.09. The van der Waals surface area contributed by atoms with Crippen LogP contribution in [0.1, 0.15) is 68.3 Å². The predicted octanol–water partition coefficient (Wildman–Crippen LogP) is 2.11. The number of unbranched alkanes of at least 4 members (excludes halogenated alkanes) is 2. The molecule has 3 aromatic heterocycles. The van der Waals surface area contributed by atoms with Crippen molar-refractivity contribution < 1.29 is 164 Å². The molecule has 2 fully saturated rings. The van der Waals surface area contributed by atoms with Gasteiger partial charge in [-0.15, -0.1) is 23.1 Å². The standard InChI is InChI=1S/C25H29N3O2S.C13H14BrNO2.C12H14N2S.CH2O3.2K.H/c29-25-9-7-19-6-8-20(18-22(19)26-25)30-16-2-1-11-27-12-14-28(15-13-27)23-4-3-5-24-21(23)10-17-31-24;14-7-1-2-8-17-11-5-3-10-4-6-13(16)15-12(10)9-11;1-2-11(14-7-5-13-6-8-14)10-4-9-15-12(10)3-1;2-1-4-3;;;/h3-9,18H,1-2,10-17H2,(H,26,29);3-6,9H,1-2,7-8H2,(H,15,16);1-4,9,13H,5-8H2;1,3H;;;/q;;;;2*+1;-1/p-1/i6D,7D,8D,9D,12D2,13D2,14D2,15D2,18D;3D,4D,5D,6D,9D;5D2,6D2,7D2,8D2;;;;. The fourth-order valence-corrected chi connectivity index (χ4v) is 8.47. The van der Waals surface area contributed by atoms with Crippen LogP contribution in [-0.4, -0.2) is 104 Å². The monoisotopic (exact) mass is 1110 g/mol. The minimum atomic E-state index is -2.98. The normalized spacial score (nSPS) is 25.4. The summed E-state index contributed by atoms with van der Waals surface area (Å²) in [7, 11) is 0. The van der Waals surface area contributed by atoms with E-state index in [4.69, 9.17) is 55.2 Å². The molecule has 0 saturated carbocycles. The van der Waals surface area contributed by atoms with Crippen LogP contribution in [0.4, 0.5) is 11.4 Å². The van der Waals surface area contributed by atoms with Gasteiger partial charge in [-0.3, -0.25) is 19.3 Å². The fraction of sp³-hybridized carbons (Fsp3) is 0.353. The van der Waals surface area contributed by atoms with E-state index >= 15 is 0 Å². The van der Waals surface area contributed by atoms with E-state index in [0.29, 0.717) is 44.4 Å². The van der Waals surface area contributed by atoms with Crippen molar-refractivity contribution in [2.75, 3.05) is 92.6 Å². The van der Waals surface area contributed by atoms with Crippen LogP contribution in [0, 0.1) is 0 Å². The summed E-state index contributed by atoms with van der Waals surface area (Å²) in [5, 5.41) is 13.1. The molecule has 0 bridgehead atoms. The number of thioether (sulfide) groups is 1. The summed E-state index contributed by atoms with van der Waals surface area (Å²) >= 11 is 6.20. The van der Waals surface area contributed by atoms with Crippen molar-refractivity contribution in [3.63, 3.8) is 0 Å². The van der Waals surface area contributed by atoms with Crippen molar-refractivity contribution in [2.45, 2.75) is 37.0 Å². The van der Waals surface area contributed by atoms with Gasteiger partial charge in [-0.1, -0.05) is 28.1 Å². The first-order valence-electron chi connectivity index (χ1n) is 33.3. The number of benzene rings is 4. The molecule has 10 rings (SSSR count). The van der Waals surface area contributed by atoms with Crippen LogP contribution in [0.2, 0.25) is 0 Å². The Morgan fingerprint density at radius 2 is 1.33 bits per heavy atom. The first-order chi connectivity index (χ1) is 43.1. The zero-order valence-electron chi connectivity index (χ0n) is 64.2. The topological polar surface area (TPSA) is 155 Å². The summed E-state index contributed by atoms with van der Waals surface area (Å²) < 4.78 is 225. The Bertz CT molecular complexity index is 4050. The van der Waals surface area contributed by atoms with Gasteiger partial charge < -0.3 is 46.1 Å². The number of carbonyl (C=O) groups excluding carboxylic acids is 1. The van der Waals surface area contributed by atoms with Crippen molar-refractivity contribution in [1.29, 1.82) is 0 Å². The third kappa shape index (κ3) is 17.8. The molecule has 13 nitrogen and oxygen atoms in total. The maximum absolute atomic E-state index is 12.0. The van der Waals surface area contributed by atoms with Crippen LogP contribution in [0.5, 0.6) is 11.5 Å². The average molecular weight is 1120 g/mol. The number of halogens is 1. The number of thiophene rings is 1. The molecule has 69 heavy (non-hydrogen) atoms. The Balaban J connectivity index is 0.000000319. The van der Waals surface area contributed by atoms with Gasteiger partial charge in [0.05, 0.1) is 48.9 Å². The van der Waals surface area contributed by atoms with Crippen LogP contribution in [0.25, 0.3) is 31.9 Å². The maximum Gasteiger partial charge on any atom is 1.00 e. The van der Waals surface area contributed by atoms with E-state index in [0.717, 1.165) is 27.8 Å². The molecule has 6 heterocycles. The number of ether oxygens (including phenoxy) is 2. The van der Waals surface area contributed by atoms with E-state index in [9.17, 15) is 9.59 Å². The largest absolute Gasteiger partial charge is 1.00 e. The zero-order chi connectivity index (χ0) is 69.7. The van der Waals surface area contributed by atoms with E-state index < -0.39 is 112 Å². The van der Waals surface area contributed by atoms with E-state index in [1.165, 1.54) is 35.2 Å². The van der Waals surface area contributed by atoms with Gasteiger partial charge in [0.1, 0.15) is 11.5 Å². The number of alkyl halides is 1. The molecule has 0 spiro atoms. The number of hydrogen-bond acceptors (Lipinski definition) is 13. The van der Waals surface area contributed by atoms with E-state index in [2.05, 4.69) is 30.8 Å². The molecule has 0 atom stereocenters. The van der Waals surface area contributed by atoms with Gasteiger partial charge in [0.25, 0.3) is 6.47 Å². The molecular weight excluding hydrogens is 1030 g/mol. The third-order valence-electron chi connectivity index (χ3n) is 9.22. The summed E-state index contributed by atoms with van der Waals surface area (Å²) in [5.74, 6) is 0.261. The molecule has 356 valence electrons. The van der Waals surface area contributed by atoms with E-state index in [1.54, 1.807) is 29.6 Å². The molecule has 0 unspecified atom stereocenters. The average Bonchev–Trinajstić information content (AvgIpc) is 0.800. The van der Waals surface area contributed by atoms with Gasteiger partial charge in [0, 0.05) is 125 Å².